The van der Waals surface area contributed by atoms with Crippen LogP contribution < -0.4 is 15.6 Å². The Morgan fingerprint density at radius 1 is 0.947 bits per heavy atom. The van der Waals surface area contributed by atoms with E-state index >= 15 is 0 Å². The van der Waals surface area contributed by atoms with Crippen molar-refractivity contribution in [2.75, 3.05) is 7.11 Å². The van der Waals surface area contributed by atoms with Crippen LogP contribution in [0.1, 0.15) is 11.1 Å². The number of hydrogen-bond donors (Lipinski definition) is 2. The van der Waals surface area contributed by atoms with Gasteiger partial charge in [0.1, 0.15) is 5.75 Å². The second kappa shape index (κ2) is 7.14. The summed E-state index contributed by atoms with van der Waals surface area (Å²) in [6, 6.07) is 16.0. The molecule has 0 unspecified atom stereocenters. The Balaban J connectivity index is 1.80. The van der Waals surface area contributed by atoms with E-state index in [4.69, 9.17) is 16.3 Å². The van der Waals surface area contributed by atoms with E-state index < -0.39 is 0 Å². The molecule has 3 nitrogen and oxygen atoms in total. The van der Waals surface area contributed by atoms with Gasteiger partial charge in [-0.3, -0.25) is 10.9 Å². The zero-order chi connectivity index (χ0) is 13.5. The average molecular weight is 277 g/mol. The smallest absolute Gasteiger partial charge is 0.137 e. The number of ether oxygens (including phenoxy) is 1. The van der Waals surface area contributed by atoms with Crippen LogP contribution in [0, 0.1) is 0 Å². The Labute approximate surface area is 118 Å². The number of benzene rings is 2. The molecule has 0 radical (unpaired) electrons. The van der Waals surface area contributed by atoms with E-state index in [0.717, 1.165) is 12.1 Å². The minimum atomic E-state index is 0.628. The van der Waals surface area contributed by atoms with E-state index in [9.17, 15) is 0 Å². The molecule has 2 rings (SSSR count). The van der Waals surface area contributed by atoms with Crippen LogP contribution in [-0.4, -0.2) is 7.11 Å². The fraction of sp³-hybridized carbons (Fsp3) is 0.200. The highest BCUT2D eigenvalue weighted by molar-refractivity contribution is 6.32. The third kappa shape index (κ3) is 4.24. The van der Waals surface area contributed by atoms with Gasteiger partial charge in [0.25, 0.3) is 0 Å². The first-order valence-corrected chi connectivity index (χ1v) is 6.49. The molecule has 0 heterocycles. The molecule has 2 aromatic rings. The minimum Gasteiger partial charge on any atom is -0.495 e. The quantitative estimate of drug-likeness (QED) is 0.628. The van der Waals surface area contributed by atoms with Gasteiger partial charge < -0.3 is 4.74 Å². The molecule has 2 aromatic carbocycles. The third-order valence-corrected chi connectivity index (χ3v) is 3.08. The molecule has 0 bridgehead atoms. The maximum Gasteiger partial charge on any atom is 0.137 e. The van der Waals surface area contributed by atoms with Crippen LogP contribution in [0.3, 0.4) is 0 Å². The Bertz CT molecular complexity index is 517. The van der Waals surface area contributed by atoms with Gasteiger partial charge in [0, 0.05) is 13.1 Å². The summed E-state index contributed by atoms with van der Waals surface area (Å²) < 4.78 is 5.18. The molecule has 0 aliphatic rings. The topological polar surface area (TPSA) is 33.3 Å². The fourth-order valence-corrected chi connectivity index (χ4v) is 1.93. The molecule has 0 aliphatic carbocycles. The van der Waals surface area contributed by atoms with Crippen LogP contribution in [0.15, 0.2) is 48.5 Å². The van der Waals surface area contributed by atoms with Gasteiger partial charge in [-0.25, -0.2) is 0 Å². The Morgan fingerprint density at radius 2 is 1.63 bits per heavy atom. The number of methoxy groups -OCH3 is 1. The zero-order valence-corrected chi connectivity index (χ0v) is 11.6. The van der Waals surface area contributed by atoms with Gasteiger partial charge in [0.05, 0.1) is 12.1 Å². The van der Waals surface area contributed by atoms with Crippen LogP contribution in [0.2, 0.25) is 5.02 Å². The van der Waals surface area contributed by atoms with Crippen LogP contribution in [0.5, 0.6) is 5.75 Å². The summed E-state index contributed by atoms with van der Waals surface area (Å²) in [6.07, 6.45) is 0. The summed E-state index contributed by atoms with van der Waals surface area (Å²) in [5, 5.41) is 0.628. The van der Waals surface area contributed by atoms with Crippen molar-refractivity contribution in [1.29, 1.82) is 0 Å². The third-order valence-electron chi connectivity index (χ3n) is 2.77. The zero-order valence-electron chi connectivity index (χ0n) is 10.8. The van der Waals surface area contributed by atoms with Crippen molar-refractivity contribution in [2.45, 2.75) is 13.1 Å². The highest BCUT2D eigenvalue weighted by atomic mass is 35.5. The van der Waals surface area contributed by atoms with E-state index in [1.54, 1.807) is 7.11 Å². The summed E-state index contributed by atoms with van der Waals surface area (Å²) in [5.41, 5.74) is 8.70. The van der Waals surface area contributed by atoms with Crippen molar-refractivity contribution in [3.63, 3.8) is 0 Å². The van der Waals surface area contributed by atoms with E-state index in [0.29, 0.717) is 17.3 Å². The van der Waals surface area contributed by atoms with Crippen LogP contribution >= 0.6 is 11.6 Å². The summed E-state index contributed by atoms with van der Waals surface area (Å²) >= 11 is 5.98. The summed E-state index contributed by atoms with van der Waals surface area (Å²) in [4.78, 5) is 0. The number of halogens is 1. The molecule has 0 saturated carbocycles. The number of hydrogen-bond acceptors (Lipinski definition) is 3. The molecule has 4 heteroatoms. The molecule has 0 spiro atoms. The first-order valence-electron chi connectivity index (χ1n) is 6.11. The molecule has 19 heavy (non-hydrogen) atoms. The van der Waals surface area contributed by atoms with Crippen molar-refractivity contribution in [2.24, 2.45) is 0 Å². The maximum atomic E-state index is 5.98. The maximum absolute atomic E-state index is 5.98. The van der Waals surface area contributed by atoms with Gasteiger partial charge >= 0.3 is 0 Å². The van der Waals surface area contributed by atoms with Crippen LogP contribution in [0.4, 0.5) is 0 Å². The Morgan fingerprint density at radius 3 is 2.32 bits per heavy atom. The molecule has 0 fully saturated rings. The van der Waals surface area contributed by atoms with Crippen molar-refractivity contribution < 1.29 is 4.74 Å². The first kappa shape index (κ1) is 13.9. The molecule has 2 N–H and O–H groups in total. The predicted molar refractivity (Wildman–Crippen MR) is 78.1 cm³/mol. The first-order chi connectivity index (χ1) is 9.29. The lowest BCUT2D eigenvalue weighted by molar-refractivity contribution is 0.414. The molecule has 0 amide bonds. The van der Waals surface area contributed by atoms with Crippen molar-refractivity contribution in [1.82, 2.24) is 10.9 Å². The Kier molecular flexibility index (Phi) is 5.21. The molecule has 0 saturated heterocycles. The van der Waals surface area contributed by atoms with E-state index in [1.807, 2.05) is 36.4 Å². The minimum absolute atomic E-state index is 0.628. The number of hydrazine groups is 1. The van der Waals surface area contributed by atoms with E-state index in [-0.39, 0.29) is 0 Å². The second-order valence-electron chi connectivity index (χ2n) is 4.16. The van der Waals surface area contributed by atoms with E-state index in [2.05, 4.69) is 23.0 Å². The van der Waals surface area contributed by atoms with Crippen LogP contribution in [0.25, 0.3) is 0 Å². The summed E-state index contributed by atoms with van der Waals surface area (Å²) in [6.45, 7) is 1.49. The number of nitrogens with one attached hydrogen (secondary N) is 2. The van der Waals surface area contributed by atoms with Gasteiger partial charge in [-0.2, -0.15) is 0 Å². The molecule has 0 aliphatic heterocycles. The van der Waals surface area contributed by atoms with Gasteiger partial charge in [-0.05, 0) is 23.3 Å². The summed E-state index contributed by atoms with van der Waals surface area (Å²) in [5.74, 6) is 0.698. The molecular formula is C15H17ClN2O. The van der Waals surface area contributed by atoms with Gasteiger partial charge in [0.15, 0.2) is 0 Å². The molecule has 0 aromatic heterocycles. The molecule has 0 atom stereocenters. The predicted octanol–water partition coefficient (Wildman–Crippen LogP) is 3.14. The van der Waals surface area contributed by atoms with Gasteiger partial charge in [-0.1, -0.05) is 48.0 Å². The van der Waals surface area contributed by atoms with Crippen molar-refractivity contribution in [3.05, 3.63) is 64.7 Å². The lowest BCUT2D eigenvalue weighted by Crippen LogP contribution is -2.30. The average Bonchev–Trinajstić information content (AvgIpc) is 2.46. The van der Waals surface area contributed by atoms with E-state index in [1.165, 1.54) is 5.56 Å². The lowest BCUT2D eigenvalue weighted by atomic mass is 10.2. The monoisotopic (exact) mass is 276 g/mol. The van der Waals surface area contributed by atoms with Crippen LogP contribution in [-0.2, 0) is 13.1 Å². The number of rotatable bonds is 6. The van der Waals surface area contributed by atoms with Crippen molar-refractivity contribution >= 4 is 11.6 Å². The standard InChI is InChI=1S/C15H17ClN2O/c1-19-15-9-13(7-8-14(15)16)11-18-17-10-12-5-3-2-4-6-12/h2-9,17-18H,10-11H2,1H3. The van der Waals surface area contributed by atoms with Crippen molar-refractivity contribution in [3.8, 4) is 5.75 Å². The fourth-order valence-electron chi connectivity index (χ4n) is 1.74. The lowest BCUT2D eigenvalue weighted by Gasteiger charge is -2.09. The van der Waals surface area contributed by atoms with Gasteiger partial charge in [0.2, 0.25) is 0 Å². The summed E-state index contributed by atoms with van der Waals surface area (Å²) in [7, 11) is 1.62. The largest absolute Gasteiger partial charge is 0.495 e. The Hall–Kier alpha value is -1.55. The SMILES string of the molecule is COc1cc(CNNCc2ccccc2)ccc1Cl. The highest BCUT2D eigenvalue weighted by Gasteiger charge is 2.01. The van der Waals surface area contributed by atoms with Gasteiger partial charge in [-0.15, -0.1) is 0 Å². The normalized spacial score (nSPS) is 10.4. The molecular weight excluding hydrogens is 260 g/mol. The molecule has 100 valence electrons. The highest BCUT2D eigenvalue weighted by Crippen LogP contribution is 2.24. The second-order valence-corrected chi connectivity index (χ2v) is 4.57.